The number of aromatic nitrogens is 1. The summed E-state index contributed by atoms with van der Waals surface area (Å²) in [4.78, 5) is 25.9. The first-order chi connectivity index (χ1) is 15.6. The first-order valence-electron chi connectivity index (χ1n) is 10.7. The molecule has 2 aromatic carbocycles. The Kier molecular flexibility index (Phi) is 5.31. The predicted molar refractivity (Wildman–Crippen MR) is 126 cm³/mol. The molecule has 33 heavy (non-hydrogen) atoms. The van der Waals surface area contributed by atoms with Crippen LogP contribution in [-0.4, -0.2) is 29.5 Å². The van der Waals surface area contributed by atoms with E-state index in [1.165, 1.54) is 18.4 Å². The number of fused-ring (bicyclic) bond motifs is 2. The molecule has 0 spiro atoms. The Balaban J connectivity index is 0.00000228. The Bertz CT molecular complexity index is 1450. The van der Waals surface area contributed by atoms with E-state index in [0.29, 0.717) is 16.5 Å². The van der Waals surface area contributed by atoms with Gasteiger partial charge < -0.3 is 14.3 Å². The number of nitrogens with zero attached hydrogens (tertiary/aromatic N) is 1. The van der Waals surface area contributed by atoms with Gasteiger partial charge >= 0.3 is 0 Å². The number of hydrogen-bond donors (Lipinski definition) is 2. The molecule has 2 aromatic heterocycles. The molecule has 1 unspecified atom stereocenters. The minimum absolute atomic E-state index is 0. The van der Waals surface area contributed by atoms with E-state index in [9.17, 15) is 14.0 Å². The van der Waals surface area contributed by atoms with Gasteiger partial charge in [0, 0.05) is 46.2 Å². The Morgan fingerprint density at radius 2 is 1.82 bits per heavy atom. The molecule has 0 radical (unpaired) electrons. The largest absolute Gasteiger partial charge is 0.464 e. The zero-order chi connectivity index (χ0) is 21.8. The van der Waals surface area contributed by atoms with Crippen LogP contribution in [0.5, 0.6) is 0 Å². The highest BCUT2D eigenvalue weighted by molar-refractivity contribution is 6.50. The summed E-state index contributed by atoms with van der Waals surface area (Å²) in [6.45, 7) is 1.83. The molecule has 0 saturated carbocycles. The van der Waals surface area contributed by atoms with Gasteiger partial charge in [-0.05, 0) is 43.7 Å². The van der Waals surface area contributed by atoms with Gasteiger partial charge in [0.2, 0.25) is 0 Å². The number of amides is 2. The molecule has 1 atom stereocenters. The molecular formula is C25H21ClFN3O3. The van der Waals surface area contributed by atoms with Crippen molar-refractivity contribution in [3.05, 3.63) is 71.9 Å². The number of benzene rings is 2. The van der Waals surface area contributed by atoms with E-state index in [0.717, 1.165) is 36.8 Å². The lowest BCUT2D eigenvalue weighted by atomic mass is 9.95. The minimum Gasteiger partial charge on any atom is -0.464 e. The molecule has 8 heteroatoms. The fourth-order valence-electron chi connectivity index (χ4n) is 4.98. The average Bonchev–Trinajstić information content (AvgIpc) is 3.49. The van der Waals surface area contributed by atoms with Gasteiger partial charge in [0.15, 0.2) is 0 Å². The van der Waals surface area contributed by atoms with Gasteiger partial charge in [-0.2, -0.15) is 0 Å². The summed E-state index contributed by atoms with van der Waals surface area (Å²) in [5, 5.41) is 7.25. The number of carbonyl (C=O) groups excluding carboxylic acids is 2. The van der Waals surface area contributed by atoms with Crippen LogP contribution in [0.25, 0.3) is 33.0 Å². The Morgan fingerprint density at radius 3 is 2.61 bits per heavy atom. The number of carbonyl (C=O) groups is 2. The number of rotatable bonds is 3. The van der Waals surface area contributed by atoms with Crippen LogP contribution < -0.4 is 10.6 Å². The second-order valence-corrected chi connectivity index (χ2v) is 8.29. The van der Waals surface area contributed by atoms with Crippen LogP contribution >= 0.6 is 12.4 Å². The molecular weight excluding hydrogens is 445 g/mol. The van der Waals surface area contributed by atoms with Crippen molar-refractivity contribution in [2.24, 2.45) is 0 Å². The van der Waals surface area contributed by atoms with E-state index >= 15 is 0 Å². The highest BCUT2D eigenvalue weighted by Gasteiger charge is 2.36. The lowest BCUT2D eigenvalue weighted by molar-refractivity contribution is -0.122. The average molecular weight is 466 g/mol. The maximum Gasteiger partial charge on any atom is 0.259 e. The van der Waals surface area contributed by atoms with Crippen LogP contribution in [0, 0.1) is 5.82 Å². The quantitative estimate of drug-likeness (QED) is 0.438. The van der Waals surface area contributed by atoms with Crippen LogP contribution in [-0.2, 0) is 9.59 Å². The van der Waals surface area contributed by atoms with Crippen molar-refractivity contribution in [3.8, 4) is 0 Å². The van der Waals surface area contributed by atoms with Gasteiger partial charge in [-0.15, -0.1) is 12.4 Å². The normalized spacial score (nSPS) is 18.8. The van der Waals surface area contributed by atoms with Crippen molar-refractivity contribution >= 4 is 57.2 Å². The van der Waals surface area contributed by atoms with Gasteiger partial charge in [-0.3, -0.25) is 14.9 Å². The van der Waals surface area contributed by atoms with Crippen molar-refractivity contribution in [1.82, 2.24) is 15.2 Å². The van der Waals surface area contributed by atoms with E-state index in [4.69, 9.17) is 4.42 Å². The number of halogens is 2. The highest BCUT2D eigenvalue weighted by Crippen LogP contribution is 2.39. The van der Waals surface area contributed by atoms with E-state index in [1.54, 1.807) is 6.07 Å². The van der Waals surface area contributed by atoms with Crippen LogP contribution in [0.4, 0.5) is 4.39 Å². The number of imide groups is 1. The predicted octanol–water partition coefficient (Wildman–Crippen LogP) is 4.44. The number of hydrogen-bond acceptors (Lipinski definition) is 4. The third kappa shape index (κ3) is 3.35. The lowest BCUT2D eigenvalue weighted by Gasteiger charge is -2.25. The molecule has 2 amide bonds. The molecule has 6 rings (SSSR count). The van der Waals surface area contributed by atoms with Crippen molar-refractivity contribution < 1.29 is 18.4 Å². The summed E-state index contributed by atoms with van der Waals surface area (Å²) in [7, 11) is 0. The van der Waals surface area contributed by atoms with Crippen LogP contribution in [0.15, 0.2) is 59.3 Å². The molecule has 4 aromatic rings. The molecule has 6 nitrogen and oxygen atoms in total. The second kappa shape index (κ2) is 8.17. The van der Waals surface area contributed by atoms with Crippen LogP contribution in [0.1, 0.15) is 30.0 Å². The fraction of sp³-hybridized carbons (Fsp3) is 0.200. The number of para-hydroxylation sites is 1. The summed E-state index contributed by atoms with van der Waals surface area (Å²) in [5.41, 5.74) is 2.70. The fourth-order valence-corrected chi connectivity index (χ4v) is 4.98. The first-order valence-corrected chi connectivity index (χ1v) is 10.7. The van der Waals surface area contributed by atoms with Gasteiger partial charge in [0.05, 0.1) is 17.4 Å². The summed E-state index contributed by atoms with van der Waals surface area (Å²) in [6, 6.07) is 12.3. The summed E-state index contributed by atoms with van der Waals surface area (Å²) >= 11 is 0. The maximum atomic E-state index is 14.4. The van der Waals surface area contributed by atoms with Crippen molar-refractivity contribution in [2.75, 3.05) is 13.1 Å². The Hall–Kier alpha value is -3.42. The van der Waals surface area contributed by atoms with E-state index in [2.05, 4.69) is 15.2 Å². The third-order valence-corrected chi connectivity index (χ3v) is 6.39. The van der Waals surface area contributed by atoms with Gasteiger partial charge in [0.1, 0.15) is 11.4 Å². The Labute approximate surface area is 194 Å². The number of nitrogens with one attached hydrogen (secondary N) is 2. The molecule has 0 aliphatic carbocycles. The molecule has 2 aliphatic rings. The minimum atomic E-state index is -0.551. The third-order valence-electron chi connectivity index (χ3n) is 6.39. The van der Waals surface area contributed by atoms with E-state index in [1.807, 2.05) is 30.5 Å². The van der Waals surface area contributed by atoms with Gasteiger partial charge in [0.25, 0.3) is 11.8 Å². The second-order valence-electron chi connectivity index (χ2n) is 8.29. The van der Waals surface area contributed by atoms with Crippen LogP contribution in [0.2, 0.25) is 0 Å². The van der Waals surface area contributed by atoms with Gasteiger partial charge in [-0.1, -0.05) is 18.2 Å². The lowest BCUT2D eigenvalue weighted by Crippen LogP contribution is -2.31. The zero-order valence-corrected chi connectivity index (χ0v) is 18.4. The molecule has 1 fully saturated rings. The maximum absolute atomic E-state index is 14.4. The molecule has 1 saturated heterocycles. The standard InChI is InChI=1S/C25H20FN3O3.ClH/c26-15-10-14-7-9-32-23(14)18(11-15)21-22(25(31)28-24(21)30)19-13-29(16-4-3-8-27-12-16)20-6-2-1-5-17(19)20;/h1-2,5-7,9-11,13,16,27H,3-4,8,12H2,(H,28,30,31);1H. The van der Waals surface area contributed by atoms with Crippen molar-refractivity contribution in [2.45, 2.75) is 18.9 Å². The molecule has 2 aliphatic heterocycles. The molecule has 2 N–H and O–H groups in total. The van der Waals surface area contributed by atoms with Crippen molar-refractivity contribution in [1.29, 1.82) is 0 Å². The zero-order valence-electron chi connectivity index (χ0n) is 17.6. The highest BCUT2D eigenvalue weighted by atomic mass is 35.5. The SMILES string of the molecule is Cl.O=C1NC(=O)C(c2cc(F)cc3ccoc23)=C1c1cn(C2CCCNC2)c2ccccc12. The first kappa shape index (κ1) is 21.4. The summed E-state index contributed by atoms with van der Waals surface area (Å²) in [6.07, 6.45) is 5.50. The van der Waals surface area contributed by atoms with E-state index in [-0.39, 0.29) is 35.2 Å². The number of piperidine rings is 1. The molecule has 0 bridgehead atoms. The van der Waals surface area contributed by atoms with E-state index < -0.39 is 17.6 Å². The molecule has 168 valence electrons. The summed E-state index contributed by atoms with van der Waals surface area (Å²) in [5.74, 6) is -1.54. The van der Waals surface area contributed by atoms with Crippen molar-refractivity contribution in [3.63, 3.8) is 0 Å². The number of furan rings is 1. The monoisotopic (exact) mass is 465 g/mol. The van der Waals surface area contributed by atoms with Gasteiger partial charge in [-0.25, -0.2) is 4.39 Å². The topological polar surface area (TPSA) is 76.3 Å². The Morgan fingerprint density at radius 1 is 1.03 bits per heavy atom. The molecule has 4 heterocycles. The van der Waals surface area contributed by atoms with Crippen LogP contribution in [0.3, 0.4) is 0 Å². The smallest absolute Gasteiger partial charge is 0.259 e. The summed E-state index contributed by atoms with van der Waals surface area (Å²) < 4.78 is 22.1.